The summed E-state index contributed by atoms with van der Waals surface area (Å²) in [6.45, 7) is 5.60. The quantitative estimate of drug-likeness (QED) is 0.546. The molecular formula is C25H28N6O4. The van der Waals surface area contributed by atoms with Gasteiger partial charge in [0.1, 0.15) is 12.4 Å². The second-order valence-corrected chi connectivity index (χ2v) is 8.31. The monoisotopic (exact) mass is 476 g/mol. The molecule has 1 amide bonds. The summed E-state index contributed by atoms with van der Waals surface area (Å²) >= 11 is 0. The maximum Gasteiger partial charge on any atom is 0.252 e. The van der Waals surface area contributed by atoms with E-state index in [9.17, 15) is 4.79 Å². The molecule has 2 saturated heterocycles. The SMILES string of the molecule is NC(=O)c1cc(-c2nc(N3CCOCC3)nc(N3CCOCC3)n2)ccc1OCc1ccccc1. The van der Waals surface area contributed by atoms with Gasteiger partial charge in [0.25, 0.3) is 5.91 Å². The standard InChI is InChI=1S/C25H28N6O4/c26-22(32)20-16-19(6-7-21(20)35-17-18-4-2-1-3-5-18)23-27-24(30-8-12-33-13-9-30)29-25(28-23)31-10-14-34-15-11-31/h1-7,16H,8-15,17H2,(H2,26,32). The van der Waals surface area contributed by atoms with Crippen LogP contribution in [0.15, 0.2) is 48.5 Å². The average Bonchev–Trinajstić information content (AvgIpc) is 2.93. The van der Waals surface area contributed by atoms with E-state index < -0.39 is 5.91 Å². The van der Waals surface area contributed by atoms with Crippen LogP contribution in [0.2, 0.25) is 0 Å². The van der Waals surface area contributed by atoms with Gasteiger partial charge in [-0.2, -0.15) is 15.0 Å². The molecule has 182 valence electrons. The van der Waals surface area contributed by atoms with Crippen LogP contribution >= 0.6 is 0 Å². The smallest absolute Gasteiger partial charge is 0.252 e. The first kappa shape index (κ1) is 23.0. The zero-order valence-electron chi connectivity index (χ0n) is 19.4. The van der Waals surface area contributed by atoms with Crippen LogP contribution in [0.25, 0.3) is 11.4 Å². The second kappa shape index (κ2) is 10.7. The number of hydrogen-bond acceptors (Lipinski definition) is 9. The molecular weight excluding hydrogens is 448 g/mol. The van der Waals surface area contributed by atoms with E-state index in [-0.39, 0.29) is 5.56 Å². The highest BCUT2D eigenvalue weighted by Crippen LogP contribution is 2.28. The van der Waals surface area contributed by atoms with Crippen molar-refractivity contribution in [1.82, 2.24) is 15.0 Å². The molecule has 2 aliphatic heterocycles. The van der Waals surface area contributed by atoms with Gasteiger partial charge in [-0.15, -0.1) is 0 Å². The van der Waals surface area contributed by atoms with Gasteiger partial charge in [0.05, 0.1) is 32.0 Å². The van der Waals surface area contributed by atoms with Gasteiger partial charge in [-0.25, -0.2) is 0 Å². The highest BCUT2D eigenvalue weighted by atomic mass is 16.5. The highest BCUT2D eigenvalue weighted by molar-refractivity contribution is 5.96. The molecule has 35 heavy (non-hydrogen) atoms. The minimum absolute atomic E-state index is 0.277. The van der Waals surface area contributed by atoms with Gasteiger partial charge < -0.3 is 29.7 Å². The molecule has 2 fully saturated rings. The van der Waals surface area contributed by atoms with Crippen LogP contribution in [0.3, 0.4) is 0 Å². The first-order valence-electron chi connectivity index (χ1n) is 11.7. The Kier molecular flexibility index (Phi) is 7.01. The first-order chi connectivity index (χ1) is 17.2. The normalized spacial score (nSPS) is 16.2. The molecule has 0 atom stereocenters. The number of nitrogens with zero attached hydrogens (tertiary/aromatic N) is 5. The van der Waals surface area contributed by atoms with E-state index in [0.29, 0.717) is 88.2 Å². The fourth-order valence-electron chi connectivity index (χ4n) is 4.02. The van der Waals surface area contributed by atoms with Gasteiger partial charge in [-0.05, 0) is 23.8 Å². The van der Waals surface area contributed by atoms with Crippen molar-refractivity contribution in [1.29, 1.82) is 0 Å². The maximum absolute atomic E-state index is 12.3. The topological polar surface area (TPSA) is 116 Å². The predicted octanol–water partition coefficient (Wildman–Crippen LogP) is 1.89. The van der Waals surface area contributed by atoms with Crippen molar-refractivity contribution in [2.45, 2.75) is 6.61 Å². The van der Waals surface area contributed by atoms with Gasteiger partial charge in [0, 0.05) is 31.7 Å². The van der Waals surface area contributed by atoms with E-state index in [0.717, 1.165) is 5.56 Å². The number of benzene rings is 2. The van der Waals surface area contributed by atoms with Gasteiger partial charge >= 0.3 is 0 Å². The Balaban J connectivity index is 1.48. The summed E-state index contributed by atoms with van der Waals surface area (Å²) in [4.78, 5) is 30.7. The van der Waals surface area contributed by atoms with Crippen molar-refractivity contribution in [3.63, 3.8) is 0 Å². The summed E-state index contributed by atoms with van der Waals surface area (Å²) in [5, 5.41) is 0. The van der Waals surface area contributed by atoms with Gasteiger partial charge in [0.15, 0.2) is 5.82 Å². The number of amides is 1. The molecule has 0 spiro atoms. The molecule has 1 aromatic heterocycles. The van der Waals surface area contributed by atoms with Crippen LogP contribution in [0.4, 0.5) is 11.9 Å². The highest BCUT2D eigenvalue weighted by Gasteiger charge is 2.22. The van der Waals surface area contributed by atoms with E-state index in [1.165, 1.54) is 0 Å². The molecule has 2 aromatic carbocycles. The van der Waals surface area contributed by atoms with Crippen molar-refractivity contribution < 1.29 is 19.0 Å². The van der Waals surface area contributed by atoms with Crippen LogP contribution in [0.1, 0.15) is 15.9 Å². The number of morpholine rings is 2. The fourth-order valence-corrected chi connectivity index (χ4v) is 4.02. The van der Waals surface area contributed by atoms with Crippen molar-refractivity contribution in [3.8, 4) is 17.1 Å². The van der Waals surface area contributed by atoms with Gasteiger partial charge in [-0.3, -0.25) is 4.79 Å². The molecule has 2 N–H and O–H groups in total. The van der Waals surface area contributed by atoms with Crippen molar-refractivity contribution in [2.75, 3.05) is 62.4 Å². The molecule has 0 unspecified atom stereocenters. The number of nitrogens with two attached hydrogens (primary N) is 1. The Morgan fingerprint density at radius 1 is 0.857 bits per heavy atom. The molecule has 2 aliphatic rings. The van der Waals surface area contributed by atoms with Gasteiger partial charge in [-0.1, -0.05) is 30.3 Å². The molecule has 0 saturated carbocycles. The summed E-state index contributed by atoms with van der Waals surface area (Å²) in [6.07, 6.45) is 0. The summed E-state index contributed by atoms with van der Waals surface area (Å²) < 4.78 is 16.9. The molecule has 3 aromatic rings. The molecule has 0 radical (unpaired) electrons. The molecule has 0 bridgehead atoms. The minimum Gasteiger partial charge on any atom is -0.488 e. The zero-order chi connectivity index (χ0) is 24.0. The molecule has 10 heteroatoms. The van der Waals surface area contributed by atoms with Crippen LogP contribution in [0, 0.1) is 0 Å². The number of aromatic nitrogens is 3. The number of primary amides is 1. The number of hydrogen-bond donors (Lipinski definition) is 1. The lowest BCUT2D eigenvalue weighted by Crippen LogP contribution is -2.40. The second-order valence-electron chi connectivity index (χ2n) is 8.31. The number of carbonyl (C=O) groups is 1. The minimum atomic E-state index is -0.578. The van der Waals surface area contributed by atoms with E-state index in [1.54, 1.807) is 12.1 Å². The molecule has 3 heterocycles. The number of carbonyl (C=O) groups excluding carboxylic acids is 1. The number of ether oxygens (including phenoxy) is 3. The Labute approximate surface area is 203 Å². The molecule has 10 nitrogen and oxygen atoms in total. The number of anilines is 2. The molecule has 5 rings (SSSR count). The lowest BCUT2D eigenvalue weighted by atomic mass is 10.1. The van der Waals surface area contributed by atoms with Crippen LogP contribution in [-0.2, 0) is 16.1 Å². The fraction of sp³-hybridized carbons (Fsp3) is 0.360. The Morgan fingerprint density at radius 3 is 2.03 bits per heavy atom. The van der Waals surface area contributed by atoms with Crippen LogP contribution in [0.5, 0.6) is 5.75 Å². The zero-order valence-corrected chi connectivity index (χ0v) is 19.4. The third-order valence-electron chi connectivity index (χ3n) is 5.94. The first-order valence-corrected chi connectivity index (χ1v) is 11.7. The van der Waals surface area contributed by atoms with E-state index in [4.69, 9.17) is 34.9 Å². The summed E-state index contributed by atoms with van der Waals surface area (Å²) in [5.74, 6) is 1.49. The Morgan fingerprint density at radius 2 is 1.46 bits per heavy atom. The van der Waals surface area contributed by atoms with Crippen LogP contribution < -0.4 is 20.3 Å². The van der Waals surface area contributed by atoms with Gasteiger partial charge in [0.2, 0.25) is 11.9 Å². The number of rotatable bonds is 7. The third kappa shape index (κ3) is 5.50. The summed E-state index contributed by atoms with van der Waals surface area (Å²) in [5.41, 5.74) is 7.64. The summed E-state index contributed by atoms with van der Waals surface area (Å²) in [7, 11) is 0. The van der Waals surface area contributed by atoms with E-state index in [2.05, 4.69) is 9.80 Å². The lowest BCUT2D eigenvalue weighted by Gasteiger charge is -2.30. The maximum atomic E-state index is 12.3. The Bertz CT molecular complexity index is 1130. The Hall–Kier alpha value is -3.76. The third-order valence-corrected chi connectivity index (χ3v) is 5.94. The lowest BCUT2D eigenvalue weighted by molar-refractivity contribution is 0.0996. The van der Waals surface area contributed by atoms with E-state index >= 15 is 0 Å². The molecule has 0 aliphatic carbocycles. The largest absolute Gasteiger partial charge is 0.488 e. The average molecular weight is 477 g/mol. The predicted molar refractivity (Wildman–Crippen MR) is 131 cm³/mol. The van der Waals surface area contributed by atoms with Crippen molar-refractivity contribution >= 4 is 17.8 Å². The van der Waals surface area contributed by atoms with E-state index in [1.807, 2.05) is 36.4 Å². The van der Waals surface area contributed by atoms with Crippen molar-refractivity contribution in [2.24, 2.45) is 5.73 Å². The summed E-state index contributed by atoms with van der Waals surface area (Å²) in [6, 6.07) is 15.0. The van der Waals surface area contributed by atoms with Crippen LogP contribution in [-0.4, -0.2) is 73.5 Å². The van der Waals surface area contributed by atoms with Crippen molar-refractivity contribution in [3.05, 3.63) is 59.7 Å².